The SMILES string of the molecule is O=CN1CCC(N2C(=O)N(CC3c4ccc(-c5ccccc5)c3c4)Cc3cc(OC(CF)CF)ccc32)CC1. The molecule has 0 spiro atoms. The summed E-state index contributed by atoms with van der Waals surface area (Å²) in [6.07, 6.45) is 7.55. The van der Waals surface area contributed by atoms with Gasteiger partial charge in [-0.3, -0.25) is 9.69 Å². The number of ether oxygens (including phenoxy) is 1. The van der Waals surface area contributed by atoms with E-state index in [-0.39, 0.29) is 18.0 Å². The summed E-state index contributed by atoms with van der Waals surface area (Å²) in [5, 5.41) is 0. The van der Waals surface area contributed by atoms with Crippen LogP contribution in [0.25, 0.3) is 5.57 Å². The van der Waals surface area contributed by atoms with E-state index < -0.39 is 19.5 Å². The van der Waals surface area contributed by atoms with Crippen molar-refractivity contribution in [3.63, 3.8) is 0 Å². The first kappa shape index (κ1) is 25.3. The van der Waals surface area contributed by atoms with Gasteiger partial charge < -0.3 is 14.5 Å². The Kier molecular flexibility index (Phi) is 6.94. The molecule has 2 aliphatic carbocycles. The van der Waals surface area contributed by atoms with Gasteiger partial charge >= 0.3 is 6.03 Å². The predicted molar refractivity (Wildman–Crippen MR) is 146 cm³/mol. The maximum Gasteiger partial charge on any atom is 0.325 e. The van der Waals surface area contributed by atoms with Crippen LogP contribution in [0.5, 0.6) is 5.75 Å². The lowest BCUT2D eigenvalue weighted by Crippen LogP contribution is -2.55. The molecule has 202 valence electrons. The van der Waals surface area contributed by atoms with Gasteiger partial charge in [-0.25, -0.2) is 13.6 Å². The first-order chi connectivity index (χ1) is 19.1. The standard InChI is InChI=1S/C31H31F2N3O3/c32-16-26(17-33)39-25-7-9-30-23(14-25)18-35(31(38)36(30)24-10-12-34(20-37)13-11-24)19-29-22-6-8-27(28(29)15-22)21-4-2-1-3-5-21/h1-9,14-15,20,24,26,29H,10-13,16-19H2. The largest absolute Gasteiger partial charge is 0.485 e. The van der Waals surface area contributed by atoms with E-state index in [2.05, 4.69) is 30.4 Å². The van der Waals surface area contributed by atoms with Gasteiger partial charge in [0.05, 0.1) is 5.69 Å². The minimum Gasteiger partial charge on any atom is -0.485 e. The fourth-order valence-corrected chi connectivity index (χ4v) is 6.04. The number of alkyl halides is 2. The molecule has 39 heavy (non-hydrogen) atoms. The Morgan fingerprint density at radius 2 is 1.79 bits per heavy atom. The van der Waals surface area contributed by atoms with Crippen molar-refractivity contribution in [2.75, 3.05) is 37.9 Å². The molecule has 2 aromatic rings. The molecule has 2 aromatic carbocycles. The fraction of sp³-hybridized carbons (Fsp3) is 0.355. The zero-order chi connectivity index (χ0) is 26.9. The number of halogens is 2. The van der Waals surface area contributed by atoms with E-state index in [0.29, 0.717) is 44.8 Å². The highest BCUT2D eigenvalue weighted by molar-refractivity contribution is 5.96. The van der Waals surface area contributed by atoms with Gasteiger partial charge in [-0.2, -0.15) is 0 Å². The number of hydrogen-bond acceptors (Lipinski definition) is 3. The maximum atomic E-state index is 14.0. The summed E-state index contributed by atoms with van der Waals surface area (Å²) < 4.78 is 31.8. The molecule has 0 saturated carbocycles. The van der Waals surface area contributed by atoms with Crippen molar-refractivity contribution in [1.82, 2.24) is 9.80 Å². The van der Waals surface area contributed by atoms with Crippen molar-refractivity contribution in [2.24, 2.45) is 5.92 Å². The normalized spacial score (nSPS) is 20.7. The maximum absolute atomic E-state index is 14.0. The van der Waals surface area contributed by atoms with Gasteiger partial charge in [-0.15, -0.1) is 0 Å². The Morgan fingerprint density at radius 1 is 1.03 bits per heavy atom. The Morgan fingerprint density at radius 3 is 2.49 bits per heavy atom. The lowest BCUT2D eigenvalue weighted by molar-refractivity contribution is -0.119. The summed E-state index contributed by atoms with van der Waals surface area (Å²) in [4.78, 5) is 30.8. The van der Waals surface area contributed by atoms with Gasteiger partial charge in [0.15, 0.2) is 6.10 Å². The highest BCUT2D eigenvalue weighted by Gasteiger charge is 2.40. The molecule has 2 aliphatic heterocycles. The molecule has 6 rings (SSSR count). The number of fused-ring (bicyclic) bond motifs is 3. The zero-order valence-corrected chi connectivity index (χ0v) is 21.6. The van der Waals surface area contributed by atoms with E-state index in [4.69, 9.17) is 4.74 Å². The number of allylic oxidation sites excluding steroid dienone is 4. The lowest BCUT2D eigenvalue weighted by atomic mass is 9.70. The van der Waals surface area contributed by atoms with Crippen LogP contribution in [0.2, 0.25) is 0 Å². The number of rotatable bonds is 9. The molecule has 0 aromatic heterocycles. The number of nitrogens with zero attached hydrogens (tertiary/aromatic N) is 3. The van der Waals surface area contributed by atoms with Gasteiger partial charge in [0.25, 0.3) is 0 Å². The third kappa shape index (κ3) is 4.73. The lowest BCUT2D eigenvalue weighted by Gasteiger charge is -2.46. The Hall–Kier alpha value is -3.94. The molecule has 6 nitrogen and oxygen atoms in total. The van der Waals surface area contributed by atoms with Crippen LogP contribution in [0.15, 0.2) is 77.9 Å². The molecule has 1 unspecified atom stereocenters. The summed E-state index contributed by atoms with van der Waals surface area (Å²) in [5.41, 5.74) is 6.45. The topological polar surface area (TPSA) is 53.1 Å². The quantitative estimate of drug-likeness (QED) is 0.412. The predicted octanol–water partition coefficient (Wildman–Crippen LogP) is 5.32. The van der Waals surface area contributed by atoms with Gasteiger partial charge in [-0.05, 0) is 58.9 Å². The van der Waals surface area contributed by atoms with E-state index >= 15 is 0 Å². The first-order valence-electron chi connectivity index (χ1n) is 13.5. The molecule has 2 heterocycles. The van der Waals surface area contributed by atoms with Crippen LogP contribution in [0.1, 0.15) is 24.0 Å². The van der Waals surface area contributed by atoms with Crippen LogP contribution in [-0.4, -0.2) is 67.4 Å². The minimum absolute atomic E-state index is 0.0504. The zero-order valence-electron chi connectivity index (χ0n) is 21.6. The van der Waals surface area contributed by atoms with E-state index in [1.807, 2.05) is 34.1 Å². The van der Waals surface area contributed by atoms with E-state index in [1.165, 1.54) is 16.7 Å². The van der Waals surface area contributed by atoms with Crippen LogP contribution in [0, 0.1) is 5.92 Å². The molecular formula is C31H31F2N3O3. The Bertz CT molecular complexity index is 1340. The number of carbonyl (C=O) groups is 2. The van der Waals surface area contributed by atoms with Crippen LogP contribution in [-0.2, 0) is 11.3 Å². The number of amides is 3. The summed E-state index contributed by atoms with van der Waals surface area (Å²) in [5.74, 6) is 0.510. The molecule has 0 radical (unpaired) electrons. The van der Waals surface area contributed by atoms with E-state index in [0.717, 1.165) is 23.2 Å². The summed E-state index contributed by atoms with van der Waals surface area (Å²) in [7, 11) is 0. The number of anilines is 1. The highest BCUT2D eigenvalue weighted by Crippen LogP contribution is 2.46. The monoisotopic (exact) mass is 531 g/mol. The molecule has 4 aliphatic rings. The van der Waals surface area contributed by atoms with Crippen LogP contribution >= 0.6 is 0 Å². The third-order valence-corrected chi connectivity index (χ3v) is 8.15. The number of carbonyl (C=O) groups excluding carboxylic acids is 2. The van der Waals surface area contributed by atoms with Crippen molar-refractivity contribution < 1.29 is 23.1 Å². The van der Waals surface area contributed by atoms with Gasteiger partial charge in [0.1, 0.15) is 19.1 Å². The van der Waals surface area contributed by atoms with E-state index in [9.17, 15) is 18.4 Å². The second-order valence-electron chi connectivity index (χ2n) is 10.5. The molecule has 1 atom stereocenters. The van der Waals surface area contributed by atoms with Crippen molar-refractivity contribution in [3.8, 4) is 5.75 Å². The van der Waals surface area contributed by atoms with Crippen molar-refractivity contribution in [3.05, 3.63) is 89.0 Å². The third-order valence-electron chi connectivity index (χ3n) is 8.15. The Balaban J connectivity index is 1.27. The number of piperidine rings is 1. The van der Waals surface area contributed by atoms with Crippen molar-refractivity contribution in [2.45, 2.75) is 31.5 Å². The summed E-state index contributed by atoms with van der Waals surface area (Å²) >= 11 is 0. The van der Waals surface area contributed by atoms with Gasteiger partial charge in [0, 0.05) is 38.1 Å². The molecular weight excluding hydrogens is 500 g/mol. The number of likely N-dealkylation sites (tertiary alicyclic amines) is 1. The number of urea groups is 1. The molecule has 0 N–H and O–H groups in total. The summed E-state index contributed by atoms with van der Waals surface area (Å²) in [6.45, 7) is 0.276. The van der Waals surface area contributed by atoms with E-state index in [1.54, 1.807) is 17.0 Å². The average Bonchev–Trinajstić information content (AvgIpc) is 2.99. The van der Waals surface area contributed by atoms with Crippen LogP contribution in [0.3, 0.4) is 0 Å². The highest BCUT2D eigenvalue weighted by atomic mass is 19.1. The summed E-state index contributed by atoms with van der Waals surface area (Å²) in [6, 6.07) is 15.4. The molecule has 3 amide bonds. The Labute approximate surface area is 226 Å². The second kappa shape index (κ2) is 10.7. The second-order valence-corrected chi connectivity index (χ2v) is 10.5. The molecule has 8 heteroatoms. The van der Waals surface area contributed by atoms with Crippen LogP contribution < -0.4 is 9.64 Å². The average molecular weight is 532 g/mol. The fourth-order valence-electron chi connectivity index (χ4n) is 6.04. The van der Waals surface area contributed by atoms with Gasteiger partial charge in [0.2, 0.25) is 6.41 Å². The molecule has 1 fully saturated rings. The number of benzene rings is 2. The first-order valence-corrected chi connectivity index (χ1v) is 13.5. The number of hydrogen-bond donors (Lipinski definition) is 0. The van der Waals surface area contributed by atoms with Crippen LogP contribution in [0.4, 0.5) is 19.3 Å². The van der Waals surface area contributed by atoms with Crippen molar-refractivity contribution >= 4 is 23.7 Å². The minimum atomic E-state index is -1.15. The van der Waals surface area contributed by atoms with Gasteiger partial charge in [-0.1, -0.05) is 48.6 Å². The molecule has 2 bridgehead atoms. The molecule has 1 saturated heterocycles. The van der Waals surface area contributed by atoms with Crippen molar-refractivity contribution in [1.29, 1.82) is 0 Å². The smallest absolute Gasteiger partial charge is 0.325 e.